The van der Waals surface area contributed by atoms with Crippen LogP contribution in [0.15, 0.2) is 42.6 Å². The van der Waals surface area contributed by atoms with Crippen molar-refractivity contribution in [3.05, 3.63) is 54.0 Å². The third-order valence-corrected chi connectivity index (χ3v) is 3.16. The van der Waals surface area contributed by atoms with Crippen molar-refractivity contribution in [3.8, 4) is 5.88 Å². The van der Waals surface area contributed by atoms with E-state index in [4.69, 9.17) is 4.74 Å². The van der Waals surface area contributed by atoms with Gasteiger partial charge < -0.3 is 15.4 Å². The molecular weight excluding hydrogens is 313 g/mol. The van der Waals surface area contributed by atoms with Crippen molar-refractivity contribution in [1.29, 1.82) is 0 Å². The molecule has 1 heterocycles. The van der Waals surface area contributed by atoms with E-state index in [0.29, 0.717) is 5.69 Å². The lowest BCUT2D eigenvalue weighted by atomic mass is 10.1. The molecule has 0 aliphatic heterocycles. The molecule has 6 nitrogen and oxygen atoms in total. The predicted octanol–water partition coefficient (Wildman–Crippen LogP) is 2.44. The second-order valence-electron chi connectivity index (χ2n) is 5.20. The van der Waals surface area contributed by atoms with Crippen molar-refractivity contribution in [3.63, 3.8) is 0 Å². The molecule has 0 spiro atoms. The Kier molecular flexibility index (Phi) is 5.83. The van der Waals surface area contributed by atoms with E-state index in [1.54, 1.807) is 31.2 Å². The minimum Gasteiger partial charge on any atom is -0.468 e. The summed E-state index contributed by atoms with van der Waals surface area (Å²) in [5.41, 5.74) is 1.34. The number of nitrogens with zero attached hydrogens (tertiary/aromatic N) is 1. The van der Waals surface area contributed by atoms with Gasteiger partial charge in [0.15, 0.2) is 6.61 Å². The zero-order valence-corrected chi connectivity index (χ0v) is 13.4. The summed E-state index contributed by atoms with van der Waals surface area (Å²) in [5.74, 6) is -0.567. The van der Waals surface area contributed by atoms with Gasteiger partial charge in [0.2, 0.25) is 11.8 Å². The first-order chi connectivity index (χ1) is 11.4. The van der Waals surface area contributed by atoms with Gasteiger partial charge in [-0.15, -0.1) is 0 Å². The summed E-state index contributed by atoms with van der Waals surface area (Å²) in [7, 11) is 0. The number of ether oxygens (including phenoxy) is 1. The maximum absolute atomic E-state index is 12.9. The Morgan fingerprint density at radius 1 is 1.21 bits per heavy atom. The van der Waals surface area contributed by atoms with Crippen LogP contribution in [0.25, 0.3) is 0 Å². The number of benzene rings is 1. The van der Waals surface area contributed by atoms with Crippen molar-refractivity contribution in [1.82, 2.24) is 10.3 Å². The van der Waals surface area contributed by atoms with Gasteiger partial charge in [-0.3, -0.25) is 9.59 Å². The van der Waals surface area contributed by atoms with E-state index in [1.165, 1.54) is 25.3 Å². The Bertz CT molecular complexity index is 702. The van der Waals surface area contributed by atoms with E-state index in [2.05, 4.69) is 15.6 Å². The number of halogens is 1. The van der Waals surface area contributed by atoms with Crippen LogP contribution in [0.1, 0.15) is 25.5 Å². The summed E-state index contributed by atoms with van der Waals surface area (Å²) in [5, 5.41) is 5.33. The normalized spacial score (nSPS) is 11.5. The largest absolute Gasteiger partial charge is 0.468 e. The number of anilines is 1. The van der Waals surface area contributed by atoms with Crippen LogP contribution in [0.2, 0.25) is 0 Å². The molecule has 0 saturated heterocycles. The molecule has 0 unspecified atom stereocenters. The summed E-state index contributed by atoms with van der Waals surface area (Å²) >= 11 is 0. The minimum atomic E-state index is -0.325. The van der Waals surface area contributed by atoms with Gasteiger partial charge in [-0.1, -0.05) is 12.1 Å². The number of hydrogen-bond acceptors (Lipinski definition) is 4. The lowest BCUT2D eigenvalue weighted by molar-refractivity contribution is -0.123. The average Bonchev–Trinajstić information content (AvgIpc) is 2.54. The van der Waals surface area contributed by atoms with E-state index in [-0.39, 0.29) is 36.2 Å². The molecule has 2 aromatic rings. The lowest BCUT2D eigenvalue weighted by Crippen LogP contribution is -2.31. The number of carbonyl (C=O) groups excluding carboxylic acids is 2. The second-order valence-corrected chi connectivity index (χ2v) is 5.20. The number of hydrogen-bond donors (Lipinski definition) is 2. The fourth-order valence-electron chi connectivity index (χ4n) is 2.00. The molecule has 0 aliphatic carbocycles. The van der Waals surface area contributed by atoms with Crippen LogP contribution in [0.3, 0.4) is 0 Å². The van der Waals surface area contributed by atoms with Crippen LogP contribution in [0.5, 0.6) is 5.88 Å². The van der Waals surface area contributed by atoms with Crippen LogP contribution < -0.4 is 15.4 Å². The quantitative estimate of drug-likeness (QED) is 0.852. The van der Waals surface area contributed by atoms with E-state index < -0.39 is 0 Å². The van der Waals surface area contributed by atoms with Gasteiger partial charge >= 0.3 is 0 Å². The van der Waals surface area contributed by atoms with Crippen molar-refractivity contribution >= 4 is 17.5 Å². The van der Waals surface area contributed by atoms with E-state index >= 15 is 0 Å². The Hall–Kier alpha value is -2.96. The Morgan fingerprint density at radius 2 is 1.92 bits per heavy atom. The third kappa shape index (κ3) is 5.35. The Labute approximate surface area is 139 Å². The van der Waals surface area contributed by atoms with Gasteiger partial charge in [-0.05, 0) is 30.7 Å². The van der Waals surface area contributed by atoms with Gasteiger partial charge in [0, 0.05) is 13.0 Å². The minimum absolute atomic E-state index is 0.195. The van der Waals surface area contributed by atoms with Gasteiger partial charge in [0.1, 0.15) is 5.82 Å². The summed E-state index contributed by atoms with van der Waals surface area (Å²) in [6, 6.07) is 8.83. The summed E-state index contributed by atoms with van der Waals surface area (Å²) in [4.78, 5) is 26.8. The standard InChI is InChI=1S/C17H18FN3O3/c1-11(13-3-5-14(18)6-4-13)20-16(23)10-24-17-8-7-15(9-19-17)21-12(2)22/h3-9,11H,10H2,1-2H3,(H,20,23)(H,21,22)/t11-/m0/s1. The highest BCUT2D eigenvalue weighted by atomic mass is 19.1. The van der Waals surface area contributed by atoms with Crippen molar-refractivity contribution in [2.75, 3.05) is 11.9 Å². The fraction of sp³-hybridized carbons (Fsp3) is 0.235. The third-order valence-electron chi connectivity index (χ3n) is 3.16. The topological polar surface area (TPSA) is 80.3 Å². The zero-order valence-electron chi connectivity index (χ0n) is 13.4. The van der Waals surface area contributed by atoms with Crippen LogP contribution >= 0.6 is 0 Å². The first-order valence-corrected chi connectivity index (χ1v) is 7.35. The number of aromatic nitrogens is 1. The maximum Gasteiger partial charge on any atom is 0.258 e. The first kappa shape index (κ1) is 17.4. The molecule has 2 rings (SSSR count). The molecule has 1 atom stereocenters. The molecule has 2 amide bonds. The molecule has 0 saturated carbocycles. The number of rotatable bonds is 6. The summed E-state index contributed by atoms with van der Waals surface area (Å²) in [6.07, 6.45) is 1.44. The Morgan fingerprint density at radius 3 is 2.50 bits per heavy atom. The lowest BCUT2D eigenvalue weighted by Gasteiger charge is -2.14. The molecule has 1 aromatic carbocycles. The smallest absolute Gasteiger partial charge is 0.258 e. The first-order valence-electron chi connectivity index (χ1n) is 7.35. The molecule has 0 fully saturated rings. The monoisotopic (exact) mass is 331 g/mol. The van der Waals surface area contributed by atoms with Crippen LogP contribution in [-0.2, 0) is 9.59 Å². The van der Waals surface area contributed by atoms with Crippen LogP contribution in [0, 0.1) is 5.82 Å². The highest BCUT2D eigenvalue weighted by molar-refractivity contribution is 5.88. The summed E-state index contributed by atoms with van der Waals surface area (Å²) in [6.45, 7) is 3.00. The zero-order chi connectivity index (χ0) is 17.5. The summed E-state index contributed by atoms with van der Waals surface area (Å²) < 4.78 is 18.2. The molecular formula is C17H18FN3O3. The predicted molar refractivity (Wildman–Crippen MR) is 87.0 cm³/mol. The Balaban J connectivity index is 1.82. The highest BCUT2D eigenvalue weighted by Gasteiger charge is 2.10. The molecule has 1 aromatic heterocycles. The average molecular weight is 331 g/mol. The maximum atomic E-state index is 12.9. The fourth-order valence-corrected chi connectivity index (χ4v) is 2.00. The molecule has 0 aliphatic rings. The van der Waals surface area contributed by atoms with Gasteiger partial charge in [-0.2, -0.15) is 0 Å². The molecule has 126 valence electrons. The van der Waals surface area contributed by atoms with Gasteiger partial charge in [0.05, 0.1) is 17.9 Å². The molecule has 7 heteroatoms. The van der Waals surface area contributed by atoms with Crippen LogP contribution in [-0.4, -0.2) is 23.4 Å². The number of carbonyl (C=O) groups is 2. The highest BCUT2D eigenvalue weighted by Crippen LogP contribution is 2.13. The van der Waals surface area contributed by atoms with Gasteiger partial charge in [-0.25, -0.2) is 9.37 Å². The van der Waals surface area contributed by atoms with Crippen molar-refractivity contribution in [2.24, 2.45) is 0 Å². The van der Waals surface area contributed by atoms with Crippen molar-refractivity contribution < 1.29 is 18.7 Å². The number of amides is 2. The van der Waals surface area contributed by atoms with Crippen LogP contribution in [0.4, 0.5) is 10.1 Å². The number of nitrogens with one attached hydrogen (secondary N) is 2. The van der Waals surface area contributed by atoms with E-state index in [9.17, 15) is 14.0 Å². The van der Waals surface area contributed by atoms with E-state index in [0.717, 1.165) is 5.56 Å². The molecule has 24 heavy (non-hydrogen) atoms. The number of pyridine rings is 1. The van der Waals surface area contributed by atoms with Gasteiger partial charge in [0.25, 0.3) is 5.91 Å². The SMILES string of the molecule is CC(=O)Nc1ccc(OCC(=O)N[C@@H](C)c2ccc(F)cc2)nc1. The second kappa shape index (κ2) is 8.05. The van der Waals surface area contributed by atoms with Crippen molar-refractivity contribution in [2.45, 2.75) is 19.9 Å². The molecule has 0 bridgehead atoms. The molecule has 2 N–H and O–H groups in total. The van der Waals surface area contributed by atoms with E-state index in [1.807, 2.05) is 0 Å². The molecule has 0 radical (unpaired) electrons.